The van der Waals surface area contributed by atoms with Crippen molar-refractivity contribution in [3.05, 3.63) is 34.9 Å². The molecule has 17 heavy (non-hydrogen) atoms. The molecule has 1 aromatic carbocycles. The van der Waals surface area contributed by atoms with Gasteiger partial charge in [-0.15, -0.1) is 0 Å². The number of ether oxygens (including phenoxy) is 1. The molecule has 0 saturated heterocycles. The van der Waals surface area contributed by atoms with E-state index in [2.05, 4.69) is 4.74 Å². The second-order valence-corrected chi connectivity index (χ2v) is 3.88. The summed E-state index contributed by atoms with van der Waals surface area (Å²) in [6, 6.07) is 5.64. The zero-order valence-electron chi connectivity index (χ0n) is 8.92. The van der Waals surface area contributed by atoms with Gasteiger partial charge in [0.05, 0.1) is 19.4 Å². The molecule has 0 amide bonds. The minimum Gasteiger partial charge on any atom is -0.469 e. The van der Waals surface area contributed by atoms with E-state index in [-0.39, 0.29) is 5.56 Å². The van der Waals surface area contributed by atoms with Gasteiger partial charge in [0.25, 0.3) is 0 Å². The van der Waals surface area contributed by atoms with E-state index in [0.29, 0.717) is 5.02 Å². The van der Waals surface area contributed by atoms with Gasteiger partial charge in [-0.25, -0.2) is 0 Å². The summed E-state index contributed by atoms with van der Waals surface area (Å²) in [6.45, 7) is 0. The number of hydrogen-bond donors (Lipinski definition) is 0. The first-order valence-electron chi connectivity index (χ1n) is 4.73. The first kappa shape index (κ1) is 13.8. The van der Waals surface area contributed by atoms with Gasteiger partial charge in [0.2, 0.25) is 0 Å². The van der Waals surface area contributed by atoms with Crippen molar-refractivity contribution in [2.75, 3.05) is 7.11 Å². The lowest BCUT2D eigenvalue weighted by molar-refractivity contribution is -0.159. The molecule has 6 heteroatoms. The maximum Gasteiger partial charge on any atom is 0.390 e. The first-order chi connectivity index (χ1) is 7.83. The molecule has 0 aliphatic heterocycles. The molecule has 0 bridgehead atoms. The van der Waals surface area contributed by atoms with E-state index in [1.807, 2.05) is 0 Å². The molecule has 0 aliphatic rings. The number of esters is 1. The highest BCUT2D eigenvalue weighted by atomic mass is 35.5. The van der Waals surface area contributed by atoms with Crippen molar-refractivity contribution < 1.29 is 22.7 Å². The molecule has 0 heterocycles. The van der Waals surface area contributed by atoms with Crippen molar-refractivity contribution in [3.63, 3.8) is 0 Å². The predicted octanol–water partition coefficient (Wildman–Crippen LogP) is 3.55. The molecule has 0 saturated carbocycles. The summed E-state index contributed by atoms with van der Waals surface area (Å²) >= 11 is 5.62. The highest BCUT2D eigenvalue weighted by Gasteiger charge is 2.36. The summed E-state index contributed by atoms with van der Waals surface area (Å²) in [7, 11) is 1.06. The Hall–Kier alpha value is -1.23. The lowest BCUT2D eigenvalue weighted by Crippen LogP contribution is -2.21. The number of alkyl halides is 3. The lowest BCUT2D eigenvalue weighted by atomic mass is 9.95. The van der Waals surface area contributed by atoms with Crippen LogP contribution in [-0.4, -0.2) is 19.3 Å². The van der Waals surface area contributed by atoms with Crippen LogP contribution in [0, 0.1) is 0 Å². The first-order valence-corrected chi connectivity index (χ1v) is 5.11. The Morgan fingerprint density at radius 2 is 1.88 bits per heavy atom. The maximum absolute atomic E-state index is 12.3. The van der Waals surface area contributed by atoms with Crippen molar-refractivity contribution in [1.29, 1.82) is 0 Å². The van der Waals surface area contributed by atoms with Gasteiger partial charge < -0.3 is 4.74 Å². The molecule has 1 rings (SSSR count). The van der Waals surface area contributed by atoms with Crippen LogP contribution >= 0.6 is 11.6 Å². The number of benzene rings is 1. The molecule has 0 fully saturated rings. The monoisotopic (exact) mass is 266 g/mol. The summed E-state index contributed by atoms with van der Waals surface area (Å²) < 4.78 is 41.4. The van der Waals surface area contributed by atoms with Crippen LogP contribution in [0.4, 0.5) is 13.2 Å². The third-order valence-electron chi connectivity index (χ3n) is 2.19. The maximum atomic E-state index is 12.3. The number of rotatable bonds is 3. The van der Waals surface area contributed by atoms with E-state index < -0.39 is 24.5 Å². The molecule has 0 aliphatic carbocycles. The van der Waals surface area contributed by atoms with Crippen molar-refractivity contribution in [3.8, 4) is 0 Å². The Labute approximate surface area is 101 Å². The van der Waals surface area contributed by atoms with E-state index in [4.69, 9.17) is 11.6 Å². The Morgan fingerprint density at radius 3 is 2.29 bits per heavy atom. The van der Waals surface area contributed by atoms with E-state index in [1.165, 1.54) is 24.3 Å². The molecule has 0 unspecified atom stereocenters. The van der Waals surface area contributed by atoms with Crippen LogP contribution in [0.15, 0.2) is 24.3 Å². The van der Waals surface area contributed by atoms with Gasteiger partial charge in [0.1, 0.15) is 0 Å². The van der Waals surface area contributed by atoms with E-state index >= 15 is 0 Å². The summed E-state index contributed by atoms with van der Waals surface area (Å²) in [6.07, 6.45) is -5.68. The molecular formula is C11H10ClF3O2. The van der Waals surface area contributed by atoms with E-state index in [9.17, 15) is 18.0 Å². The predicted molar refractivity (Wildman–Crippen MR) is 56.9 cm³/mol. The van der Waals surface area contributed by atoms with Gasteiger partial charge in [0.15, 0.2) is 0 Å². The fraction of sp³-hybridized carbons (Fsp3) is 0.364. The fourth-order valence-corrected chi connectivity index (χ4v) is 1.53. The Kier molecular flexibility index (Phi) is 4.40. The van der Waals surface area contributed by atoms with Crippen LogP contribution in [0.25, 0.3) is 0 Å². The highest BCUT2D eigenvalue weighted by molar-refractivity contribution is 6.30. The second-order valence-electron chi connectivity index (χ2n) is 3.45. The molecule has 0 radical (unpaired) electrons. The Balaban J connectivity index is 2.98. The standard InChI is InChI=1S/C11H10ClF3O2/c1-17-10(16)9(6-11(13,14)15)7-2-4-8(12)5-3-7/h2-5,9H,6H2,1H3/t9-/m0/s1. The molecule has 0 N–H and O–H groups in total. The quantitative estimate of drug-likeness (QED) is 0.782. The third-order valence-corrected chi connectivity index (χ3v) is 2.45. The summed E-state index contributed by atoms with van der Waals surface area (Å²) in [5.41, 5.74) is 0.235. The Bertz CT molecular complexity index is 387. The largest absolute Gasteiger partial charge is 0.469 e. The number of hydrogen-bond acceptors (Lipinski definition) is 2. The molecule has 2 nitrogen and oxygen atoms in total. The topological polar surface area (TPSA) is 26.3 Å². The van der Waals surface area contributed by atoms with Crippen LogP contribution < -0.4 is 0 Å². The van der Waals surface area contributed by atoms with E-state index in [0.717, 1.165) is 7.11 Å². The minimum absolute atomic E-state index is 0.235. The van der Waals surface area contributed by atoms with Gasteiger partial charge in [-0.05, 0) is 17.7 Å². The van der Waals surface area contributed by atoms with Crippen LogP contribution in [0.5, 0.6) is 0 Å². The molecule has 0 spiro atoms. The van der Waals surface area contributed by atoms with Gasteiger partial charge in [-0.1, -0.05) is 23.7 Å². The summed E-state index contributed by atoms with van der Waals surface area (Å²) in [5, 5.41) is 0.393. The average molecular weight is 267 g/mol. The van der Waals surface area contributed by atoms with Gasteiger partial charge in [-0.3, -0.25) is 4.79 Å². The molecule has 94 valence electrons. The smallest absolute Gasteiger partial charge is 0.390 e. The number of carbonyl (C=O) groups excluding carboxylic acids is 1. The lowest BCUT2D eigenvalue weighted by Gasteiger charge is -2.16. The molecule has 1 atom stereocenters. The van der Waals surface area contributed by atoms with Gasteiger partial charge >= 0.3 is 12.1 Å². The van der Waals surface area contributed by atoms with Gasteiger partial charge in [0, 0.05) is 5.02 Å². The van der Waals surface area contributed by atoms with Crippen LogP contribution in [0.1, 0.15) is 17.9 Å². The molecule has 0 aromatic heterocycles. The molecular weight excluding hydrogens is 257 g/mol. The fourth-order valence-electron chi connectivity index (χ4n) is 1.41. The van der Waals surface area contributed by atoms with Crippen LogP contribution in [0.3, 0.4) is 0 Å². The normalized spacial score (nSPS) is 13.2. The Morgan fingerprint density at radius 1 is 1.35 bits per heavy atom. The SMILES string of the molecule is COC(=O)[C@@H](CC(F)(F)F)c1ccc(Cl)cc1. The van der Waals surface area contributed by atoms with Crippen molar-refractivity contribution in [2.24, 2.45) is 0 Å². The van der Waals surface area contributed by atoms with E-state index in [1.54, 1.807) is 0 Å². The average Bonchev–Trinajstić information content (AvgIpc) is 2.25. The van der Waals surface area contributed by atoms with Crippen LogP contribution in [0.2, 0.25) is 5.02 Å². The number of carbonyl (C=O) groups is 1. The highest BCUT2D eigenvalue weighted by Crippen LogP contribution is 2.32. The third kappa shape index (κ3) is 4.26. The number of halogens is 4. The number of methoxy groups -OCH3 is 1. The molecule has 1 aromatic rings. The van der Waals surface area contributed by atoms with Crippen molar-refractivity contribution in [2.45, 2.75) is 18.5 Å². The van der Waals surface area contributed by atoms with Crippen LogP contribution in [-0.2, 0) is 9.53 Å². The van der Waals surface area contributed by atoms with Crippen molar-refractivity contribution in [1.82, 2.24) is 0 Å². The van der Waals surface area contributed by atoms with Gasteiger partial charge in [-0.2, -0.15) is 13.2 Å². The minimum atomic E-state index is -4.43. The van der Waals surface area contributed by atoms with Crippen molar-refractivity contribution >= 4 is 17.6 Å². The second kappa shape index (κ2) is 5.40. The zero-order chi connectivity index (χ0) is 13.1. The summed E-state index contributed by atoms with van der Waals surface area (Å²) in [4.78, 5) is 11.3. The summed E-state index contributed by atoms with van der Waals surface area (Å²) in [5.74, 6) is -2.26. The zero-order valence-corrected chi connectivity index (χ0v) is 9.68.